The van der Waals surface area contributed by atoms with Crippen molar-refractivity contribution in [3.8, 4) is 0 Å². The molecule has 1 heterocycles. The van der Waals surface area contributed by atoms with Crippen LogP contribution in [0.1, 0.15) is 44.8 Å². The summed E-state index contributed by atoms with van der Waals surface area (Å²) in [7, 11) is 0. The van der Waals surface area contributed by atoms with Crippen LogP contribution in [0.25, 0.3) is 0 Å². The minimum atomic E-state index is 0.771. The van der Waals surface area contributed by atoms with Gasteiger partial charge < -0.3 is 19.8 Å². The molecule has 6 heteroatoms. The van der Waals surface area contributed by atoms with E-state index in [9.17, 15) is 0 Å². The first-order chi connectivity index (χ1) is 12.4. The number of nitrogens with one attached hydrogen (secondary N) is 2. The maximum atomic E-state index is 5.37. The molecule has 0 aliphatic carbocycles. The Labute approximate surface area is 157 Å². The van der Waals surface area contributed by atoms with Gasteiger partial charge in [0.25, 0.3) is 0 Å². The summed E-state index contributed by atoms with van der Waals surface area (Å²) in [5.41, 5.74) is 0. The Balaban J connectivity index is 2.22. The number of thioether (sulfide) groups is 1. The summed E-state index contributed by atoms with van der Waals surface area (Å²) in [5.74, 6) is 3.16. The van der Waals surface area contributed by atoms with Gasteiger partial charge in [-0.3, -0.25) is 4.99 Å². The van der Waals surface area contributed by atoms with Crippen LogP contribution in [0.15, 0.2) is 27.8 Å². The maximum absolute atomic E-state index is 5.37. The zero-order valence-corrected chi connectivity index (χ0v) is 16.7. The third-order valence-electron chi connectivity index (χ3n) is 3.73. The third kappa shape index (κ3) is 12.8. The zero-order valence-electron chi connectivity index (χ0n) is 15.9. The van der Waals surface area contributed by atoms with Gasteiger partial charge in [0.15, 0.2) is 5.96 Å². The number of aliphatic imine (C=N–C) groups is 1. The van der Waals surface area contributed by atoms with E-state index >= 15 is 0 Å². The first-order valence-electron chi connectivity index (χ1n) is 9.48. The van der Waals surface area contributed by atoms with E-state index in [0.717, 1.165) is 57.4 Å². The number of furan rings is 1. The van der Waals surface area contributed by atoms with Gasteiger partial charge >= 0.3 is 0 Å². The summed E-state index contributed by atoms with van der Waals surface area (Å²) in [6, 6.07) is 3.93. The van der Waals surface area contributed by atoms with E-state index < -0.39 is 0 Å². The molecule has 0 spiro atoms. The van der Waals surface area contributed by atoms with Crippen LogP contribution in [0.2, 0.25) is 0 Å². The highest BCUT2D eigenvalue weighted by atomic mass is 32.2. The first-order valence-corrected chi connectivity index (χ1v) is 10.9. The minimum Gasteiger partial charge on any atom is -0.469 e. The molecule has 5 nitrogen and oxygen atoms in total. The number of guanidine groups is 1. The molecule has 0 bridgehead atoms. The quantitative estimate of drug-likeness (QED) is 0.280. The molecule has 0 amide bonds. The second kappa shape index (κ2) is 16.3. The van der Waals surface area contributed by atoms with Gasteiger partial charge in [0.2, 0.25) is 0 Å². The van der Waals surface area contributed by atoms with Crippen LogP contribution in [0, 0.1) is 0 Å². The fourth-order valence-corrected chi connectivity index (χ4v) is 2.86. The molecule has 25 heavy (non-hydrogen) atoms. The number of hydrogen-bond acceptors (Lipinski definition) is 4. The van der Waals surface area contributed by atoms with Gasteiger partial charge in [-0.05, 0) is 50.3 Å². The lowest BCUT2D eigenvalue weighted by atomic mass is 10.2. The van der Waals surface area contributed by atoms with Crippen LogP contribution in [0.3, 0.4) is 0 Å². The average Bonchev–Trinajstić information content (AvgIpc) is 3.13. The smallest absolute Gasteiger partial charge is 0.191 e. The van der Waals surface area contributed by atoms with E-state index in [4.69, 9.17) is 9.15 Å². The van der Waals surface area contributed by atoms with Crippen LogP contribution in [0.4, 0.5) is 0 Å². The van der Waals surface area contributed by atoms with E-state index in [1.54, 1.807) is 6.26 Å². The highest BCUT2D eigenvalue weighted by Crippen LogP contribution is 2.04. The van der Waals surface area contributed by atoms with Gasteiger partial charge in [-0.25, -0.2) is 0 Å². The van der Waals surface area contributed by atoms with Crippen LogP contribution in [0.5, 0.6) is 0 Å². The Kier molecular flexibility index (Phi) is 14.3. The molecule has 144 valence electrons. The predicted octanol–water partition coefficient (Wildman–Crippen LogP) is 3.71. The lowest BCUT2D eigenvalue weighted by Gasteiger charge is -2.12. The Morgan fingerprint density at radius 3 is 2.76 bits per heavy atom. The summed E-state index contributed by atoms with van der Waals surface area (Å²) in [5, 5.41) is 6.84. The predicted molar refractivity (Wildman–Crippen MR) is 109 cm³/mol. The molecule has 0 aliphatic heterocycles. The molecule has 0 atom stereocenters. The van der Waals surface area contributed by atoms with E-state index in [0.29, 0.717) is 0 Å². The highest BCUT2D eigenvalue weighted by molar-refractivity contribution is 7.98. The lowest BCUT2D eigenvalue weighted by molar-refractivity contribution is 0.146. The summed E-state index contributed by atoms with van der Waals surface area (Å²) in [6.45, 7) is 6.13. The van der Waals surface area contributed by atoms with E-state index in [1.165, 1.54) is 31.4 Å². The number of unbranched alkanes of at least 4 members (excludes halogenated alkanes) is 3. The lowest BCUT2D eigenvalue weighted by Crippen LogP contribution is -2.39. The summed E-state index contributed by atoms with van der Waals surface area (Å²) in [4.78, 5) is 4.64. The molecule has 1 aromatic heterocycles. The second-order valence-corrected chi connectivity index (χ2v) is 6.86. The molecule has 0 aromatic carbocycles. The van der Waals surface area contributed by atoms with Crippen molar-refractivity contribution in [2.75, 3.05) is 44.9 Å². The van der Waals surface area contributed by atoms with Crippen molar-refractivity contribution >= 4 is 17.7 Å². The molecule has 2 N–H and O–H groups in total. The SMILES string of the molecule is CCOCCCN=C(NCCCCCCSC)NCCc1ccco1. The Bertz CT molecular complexity index is 424. The monoisotopic (exact) mass is 369 g/mol. The van der Waals surface area contributed by atoms with E-state index in [-0.39, 0.29) is 0 Å². The topological polar surface area (TPSA) is 58.8 Å². The molecule has 0 aliphatic rings. The molecular weight excluding hydrogens is 334 g/mol. The fraction of sp³-hybridized carbons (Fsp3) is 0.737. The molecule has 0 fully saturated rings. The van der Waals surface area contributed by atoms with Crippen molar-refractivity contribution in [1.82, 2.24) is 10.6 Å². The molecule has 0 unspecified atom stereocenters. The molecule has 0 radical (unpaired) electrons. The third-order valence-corrected chi connectivity index (χ3v) is 4.43. The fourth-order valence-electron chi connectivity index (χ4n) is 2.37. The molecule has 0 saturated carbocycles. The van der Waals surface area contributed by atoms with E-state index in [1.807, 2.05) is 30.8 Å². The summed E-state index contributed by atoms with van der Waals surface area (Å²) in [6.07, 6.45) is 10.8. The number of rotatable bonds is 15. The van der Waals surface area contributed by atoms with Crippen LogP contribution >= 0.6 is 11.8 Å². The maximum Gasteiger partial charge on any atom is 0.191 e. The number of hydrogen-bond donors (Lipinski definition) is 2. The minimum absolute atomic E-state index is 0.771. The Morgan fingerprint density at radius 2 is 2.00 bits per heavy atom. The highest BCUT2D eigenvalue weighted by Gasteiger charge is 2.00. The summed E-state index contributed by atoms with van der Waals surface area (Å²) < 4.78 is 10.7. The van der Waals surface area contributed by atoms with E-state index in [2.05, 4.69) is 21.9 Å². The van der Waals surface area contributed by atoms with Crippen molar-refractivity contribution in [2.24, 2.45) is 4.99 Å². The Hall–Kier alpha value is -1.14. The van der Waals surface area contributed by atoms with Crippen LogP contribution in [-0.4, -0.2) is 50.8 Å². The van der Waals surface area contributed by atoms with Crippen LogP contribution < -0.4 is 10.6 Å². The largest absolute Gasteiger partial charge is 0.469 e. The van der Waals surface area contributed by atoms with Gasteiger partial charge in [0.05, 0.1) is 6.26 Å². The average molecular weight is 370 g/mol. The Morgan fingerprint density at radius 1 is 1.16 bits per heavy atom. The van der Waals surface area contributed by atoms with Crippen molar-refractivity contribution in [2.45, 2.75) is 45.4 Å². The van der Waals surface area contributed by atoms with Crippen LogP contribution in [-0.2, 0) is 11.2 Å². The zero-order chi connectivity index (χ0) is 18.0. The molecular formula is C19H35N3O2S. The van der Waals surface area contributed by atoms with Gasteiger partial charge in [-0.1, -0.05) is 12.8 Å². The van der Waals surface area contributed by atoms with Gasteiger partial charge in [0.1, 0.15) is 5.76 Å². The molecule has 1 rings (SSSR count). The van der Waals surface area contributed by atoms with Gasteiger partial charge in [-0.15, -0.1) is 0 Å². The second-order valence-electron chi connectivity index (χ2n) is 5.87. The first kappa shape index (κ1) is 21.9. The van der Waals surface area contributed by atoms with Crippen molar-refractivity contribution in [3.63, 3.8) is 0 Å². The van der Waals surface area contributed by atoms with Gasteiger partial charge in [-0.2, -0.15) is 11.8 Å². The molecule has 0 saturated heterocycles. The summed E-state index contributed by atoms with van der Waals surface area (Å²) >= 11 is 1.93. The van der Waals surface area contributed by atoms with Crippen molar-refractivity contribution in [3.05, 3.63) is 24.2 Å². The standard InChI is InChI=1S/C19H35N3O2S/c1-3-23-15-9-13-21-19(20-12-6-4-5-7-17-25-2)22-14-11-18-10-8-16-24-18/h8,10,16H,3-7,9,11-15,17H2,1-2H3,(H2,20,21,22). The number of nitrogens with zero attached hydrogens (tertiary/aromatic N) is 1. The molecule has 1 aromatic rings. The van der Waals surface area contributed by atoms with Gasteiger partial charge in [0, 0.05) is 39.3 Å². The normalized spacial score (nSPS) is 11.7. The van der Waals surface area contributed by atoms with Crippen molar-refractivity contribution < 1.29 is 9.15 Å². The number of ether oxygens (including phenoxy) is 1. The van der Waals surface area contributed by atoms with Crippen molar-refractivity contribution in [1.29, 1.82) is 0 Å².